The molecule has 6 aliphatic rings. The molecule has 8 rings (SSSR count). The molecule has 6 nitrogen and oxygen atoms in total. The summed E-state index contributed by atoms with van der Waals surface area (Å²) in [6.45, 7) is 0. The number of thiophene rings is 2. The van der Waals surface area contributed by atoms with Gasteiger partial charge in [0.2, 0.25) is 0 Å². The number of fused-ring (bicyclic) bond motifs is 7. The zero-order chi connectivity index (χ0) is 27.2. The Morgan fingerprint density at radius 1 is 0.550 bits per heavy atom. The van der Waals surface area contributed by atoms with Crippen LogP contribution in [0, 0.1) is 23.7 Å². The predicted molar refractivity (Wildman–Crippen MR) is 157 cm³/mol. The number of ketones is 4. The molecule has 8 heteroatoms. The van der Waals surface area contributed by atoms with Crippen LogP contribution in [0.3, 0.4) is 0 Å². The van der Waals surface area contributed by atoms with E-state index in [1.165, 1.54) is 17.5 Å². The molecule has 4 atom stereocenters. The summed E-state index contributed by atoms with van der Waals surface area (Å²) in [7, 11) is 0. The molecule has 5 saturated carbocycles. The van der Waals surface area contributed by atoms with E-state index in [0.717, 1.165) is 96.8 Å². The maximum absolute atomic E-state index is 13.1. The van der Waals surface area contributed by atoms with Gasteiger partial charge in [0.05, 0.1) is 9.75 Å². The van der Waals surface area contributed by atoms with Crippen LogP contribution in [0.25, 0.3) is 9.75 Å². The number of hydrogen-bond acceptors (Lipinski definition) is 8. The molecule has 0 saturated heterocycles. The summed E-state index contributed by atoms with van der Waals surface area (Å²) in [5, 5.41) is 1.48. The van der Waals surface area contributed by atoms with E-state index in [1.54, 1.807) is 22.7 Å². The summed E-state index contributed by atoms with van der Waals surface area (Å²) >= 11 is 3.13. The van der Waals surface area contributed by atoms with Gasteiger partial charge < -0.3 is 0 Å². The first kappa shape index (κ1) is 25.2. The van der Waals surface area contributed by atoms with E-state index in [4.69, 9.17) is 9.98 Å². The molecular formula is C32H32N2O4S2. The van der Waals surface area contributed by atoms with Crippen LogP contribution >= 0.6 is 22.7 Å². The molecule has 2 aromatic rings. The van der Waals surface area contributed by atoms with Crippen molar-refractivity contribution in [1.82, 2.24) is 0 Å². The second-order valence-electron chi connectivity index (χ2n) is 12.7. The number of rotatable bonds is 2. The fourth-order valence-electron chi connectivity index (χ4n) is 8.66. The van der Waals surface area contributed by atoms with Crippen molar-refractivity contribution in [1.29, 1.82) is 0 Å². The quantitative estimate of drug-likeness (QED) is 0.384. The van der Waals surface area contributed by atoms with Gasteiger partial charge in [-0.2, -0.15) is 0 Å². The molecule has 0 amide bonds. The molecule has 0 aromatic carbocycles. The summed E-state index contributed by atoms with van der Waals surface area (Å²) in [6.07, 6.45) is 12.8. The van der Waals surface area contributed by atoms with Gasteiger partial charge in [0.1, 0.15) is 10.0 Å². The maximum Gasteiger partial charge on any atom is 0.188 e. The van der Waals surface area contributed by atoms with Gasteiger partial charge in [-0.15, -0.1) is 22.7 Å². The fraction of sp³-hybridized carbons (Fsp3) is 0.562. The number of nitrogens with zero attached hydrogens (tertiary/aromatic N) is 2. The second kappa shape index (κ2) is 9.21. The van der Waals surface area contributed by atoms with E-state index in [1.807, 2.05) is 0 Å². The van der Waals surface area contributed by atoms with E-state index >= 15 is 0 Å². The van der Waals surface area contributed by atoms with Gasteiger partial charge in [0.25, 0.3) is 0 Å². The number of hydrogen-bond donors (Lipinski definition) is 0. The summed E-state index contributed by atoms with van der Waals surface area (Å²) < 4.78 is 0. The SMILES string of the molecule is O=C1C(=Nc2cc3c(s2)-c2sc(N=C4C(=O)C5CCCCC5C4=O)cc2C32CCCCC2)C(=O)C2CCCCC12. The van der Waals surface area contributed by atoms with Gasteiger partial charge in [-0.05, 0) is 61.8 Å². The normalized spacial score (nSPS) is 30.5. The van der Waals surface area contributed by atoms with Gasteiger partial charge in [0, 0.05) is 29.1 Å². The molecule has 0 bridgehead atoms. The number of carbonyl (C=O) groups excluding carboxylic acids is 4. The Morgan fingerprint density at radius 2 is 0.925 bits per heavy atom. The molecule has 0 N–H and O–H groups in total. The molecule has 1 spiro atoms. The zero-order valence-electron chi connectivity index (χ0n) is 22.5. The van der Waals surface area contributed by atoms with Crippen molar-refractivity contribution in [2.45, 2.75) is 88.9 Å². The minimum absolute atomic E-state index is 0.0583. The Morgan fingerprint density at radius 3 is 1.30 bits per heavy atom. The molecule has 6 aliphatic carbocycles. The van der Waals surface area contributed by atoms with Gasteiger partial charge in [0.15, 0.2) is 34.6 Å². The Kier molecular flexibility index (Phi) is 5.79. The van der Waals surface area contributed by atoms with Crippen LogP contribution in [0.1, 0.15) is 94.6 Å². The van der Waals surface area contributed by atoms with Gasteiger partial charge >= 0.3 is 0 Å². The van der Waals surface area contributed by atoms with Crippen LogP contribution < -0.4 is 0 Å². The van der Waals surface area contributed by atoms with E-state index < -0.39 is 0 Å². The van der Waals surface area contributed by atoms with Crippen LogP contribution in [0.4, 0.5) is 10.0 Å². The number of aliphatic imine (C=N–C) groups is 2. The Balaban J connectivity index is 1.19. The highest BCUT2D eigenvalue weighted by Gasteiger charge is 2.50. The molecule has 206 valence electrons. The van der Waals surface area contributed by atoms with Crippen molar-refractivity contribution >= 4 is 67.2 Å². The van der Waals surface area contributed by atoms with Crippen molar-refractivity contribution in [3.05, 3.63) is 23.3 Å². The third-order valence-corrected chi connectivity index (χ3v) is 12.9. The van der Waals surface area contributed by atoms with E-state index in [0.29, 0.717) is 0 Å². The van der Waals surface area contributed by atoms with Crippen molar-refractivity contribution in [2.75, 3.05) is 0 Å². The molecule has 2 aromatic heterocycles. The smallest absolute Gasteiger partial charge is 0.188 e. The van der Waals surface area contributed by atoms with Crippen LogP contribution in [-0.4, -0.2) is 34.6 Å². The lowest BCUT2D eigenvalue weighted by molar-refractivity contribution is -0.120. The standard InChI is InChI=1S/C32H32N2O4S2/c35-26-16-8-2-3-9-17(16)27(36)24(26)33-22-14-20-30(39-22)31-21(32(20)12-6-1-7-13-32)15-23(40-31)34-25-28(37)18-10-4-5-11-19(18)29(25)38/h14-19H,1-13H2. The second-order valence-corrected chi connectivity index (χ2v) is 14.7. The van der Waals surface area contributed by atoms with E-state index in [-0.39, 0.29) is 63.6 Å². The van der Waals surface area contributed by atoms with Gasteiger partial charge in [-0.1, -0.05) is 44.9 Å². The molecule has 0 aliphatic heterocycles. The minimum atomic E-state index is -0.174. The summed E-state index contributed by atoms with van der Waals surface area (Å²) in [5.74, 6) is -0.930. The Labute approximate surface area is 241 Å². The maximum atomic E-state index is 13.1. The zero-order valence-corrected chi connectivity index (χ0v) is 24.1. The third kappa shape index (κ3) is 3.50. The first-order valence-corrected chi connectivity index (χ1v) is 16.7. The molecule has 2 heterocycles. The lowest BCUT2D eigenvalue weighted by atomic mass is 9.68. The topological polar surface area (TPSA) is 93.0 Å². The largest absolute Gasteiger partial charge is 0.292 e. The molecule has 4 unspecified atom stereocenters. The number of carbonyl (C=O) groups is 4. The van der Waals surface area contributed by atoms with E-state index in [2.05, 4.69) is 12.1 Å². The van der Waals surface area contributed by atoms with Crippen LogP contribution in [-0.2, 0) is 24.6 Å². The van der Waals surface area contributed by atoms with Gasteiger partial charge in [-0.3, -0.25) is 19.2 Å². The van der Waals surface area contributed by atoms with Crippen LogP contribution in [0.15, 0.2) is 22.1 Å². The molecule has 0 radical (unpaired) electrons. The third-order valence-electron chi connectivity index (χ3n) is 10.6. The lowest BCUT2D eigenvalue weighted by Crippen LogP contribution is -2.27. The van der Waals surface area contributed by atoms with Crippen molar-refractivity contribution in [2.24, 2.45) is 33.7 Å². The first-order chi connectivity index (χ1) is 19.5. The summed E-state index contributed by atoms with van der Waals surface area (Å²) in [5.41, 5.74) is 2.74. The monoisotopic (exact) mass is 572 g/mol. The molecular weight excluding hydrogens is 540 g/mol. The molecule has 5 fully saturated rings. The van der Waals surface area contributed by atoms with Crippen LogP contribution in [0.2, 0.25) is 0 Å². The number of Topliss-reactive ketones (excluding diaryl/α,β-unsaturated/α-hetero) is 4. The predicted octanol–water partition coefficient (Wildman–Crippen LogP) is 7.10. The highest BCUT2D eigenvalue weighted by molar-refractivity contribution is 7.26. The van der Waals surface area contributed by atoms with Crippen molar-refractivity contribution in [3.63, 3.8) is 0 Å². The average molecular weight is 573 g/mol. The lowest BCUT2D eigenvalue weighted by Gasteiger charge is -2.34. The Hall–Kier alpha value is -2.58. The van der Waals surface area contributed by atoms with Crippen LogP contribution in [0.5, 0.6) is 0 Å². The van der Waals surface area contributed by atoms with Crippen molar-refractivity contribution in [3.8, 4) is 9.75 Å². The first-order valence-electron chi connectivity index (χ1n) is 15.1. The highest BCUT2D eigenvalue weighted by Crippen LogP contribution is 2.62. The molecule has 40 heavy (non-hydrogen) atoms. The van der Waals surface area contributed by atoms with Gasteiger partial charge in [-0.25, -0.2) is 9.98 Å². The summed E-state index contributed by atoms with van der Waals surface area (Å²) in [4.78, 5) is 64.3. The minimum Gasteiger partial charge on any atom is -0.292 e. The Bertz CT molecular complexity index is 1390. The summed E-state index contributed by atoms with van der Waals surface area (Å²) in [6, 6.07) is 4.27. The van der Waals surface area contributed by atoms with Crippen molar-refractivity contribution < 1.29 is 19.2 Å². The van der Waals surface area contributed by atoms with E-state index in [9.17, 15) is 19.2 Å². The average Bonchev–Trinajstić information content (AvgIpc) is 3.75. The highest BCUT2D eigenvalue weighted by atomic mass is 32.1. The fourth-order valence-corrected chi connectivity index (χ4v) is 11.1.